The van der Waals surface area contributed by atoms with Crippen LogP contribution in [0.5, 0.6) is 0 Å². The number of nitrogens with zero attached hydrogens (tertiary/aromatic N) is 1. The molecule has 1 aromatic rings. The van der Waals surface area contributed by atoms with Crippen LogP contribution in [-0.2, 0) is 9.09 Å². The number of aromatic nitrogens is 1. The molecule has 0 amide bonds. The van der Waals surface area contributed by atoms with Crippen LogP contribution in [-0.4, -0.2) is 12.3 Å². The molecule has 4 nitrogen and oxygen atoms in total. The summed E-state index contributed by atoms with van der Waals surface area (Å²) >= 11 is 0. The first kappa shape index (κ1) is 7.51. The second-order valence-electron chi connectivity index (χ2n) is 1.81. The van der Waals surface area contributed by atoms with Crippen molar-refractivity contribution in [2.75, 3.05) is 7.11 Å². The summed E-state index contributed by atoms with van der Waals surface area (Å²) in [6, 6.07) is 1.60. The second-order valence-corrected chi connectivity index (χ2v) is 3.31. The van der Waals surface area contributed by atoms with Crippen LogP contribution in [0.15, 0.2) is 10.6 Å². The first-order valence-corrected chi connectivity index (χ1v) is 4.07. The number of hydrogen-bond donors (Lipinski definition) is 0. The van der Waals surface area contributed by atoms with E-state index >= 15 is 0 Å². The van der Waals surface area contributed by atoms with Gasteiger partial charge in [0.2, 0.25) is 8.03 Å². The van der Waals surface area contributed by atoms with E-state index in [0.717, 1.165) is 0 Å². The van der Waals surface area contributed by atoms with E-state index in [2.05, 4.69) is 14.2 Å². The summed E-state index contributed by atoms with van der Waals surface area (Å²) in [6.45, 7) is 1.74. The van der Waals surface area contributed by atoms with Crippen LogP contribution in [0, 0.1) is 6.92 Å². The highest BCUT2D eigenvalue weighted by Gasteiger charge is 2.06. The molecule has 1 atom stereocenters. The zero-order chi connectivity index (χ0) is 7.56. The Hall–Kier alpha value is -0.600. The normalized spacial score (nSPS) is 13.4. The van der Waals surface area contributed by atoms with E-state index in [1.165, 1.54) is 7.11 Å². The highest BCUT2D eigenvalue weighted by Crippen LogP contribution is 2.18. The van der Waals surface area contributed by atoms with Crippen LogP contribution in [0.2, 0.25) is 0 Å². The minimum Gasteiger partial charge on any atom is -0.361 e. The second kappa shape index (κ2) is 2.99. The van der Waals surface area contributed by atoms with Crippen molar-refractivity contribution in [3.63, 3.8) is 0 Å². The molecule has 56 valence electrons. The van der Waals surface area contributed by atoms with Gasteiger partial charge in [0, 0.05) is 13.2 Å². The molecule has 1 heterocycles. The molecule has 0 aliphatic heterocycles. The van der Waals surface area contributed by atoms with Crippen molar-refractivity contribution in [1.29, 1.82) is 0 Å². The monoisotopic (exact) mass is 161 g/mol. The van der Waals surface area contributed by atoms with Crippen molar-refractivity contribution < 1.29 is 13.6 Å². The van der Waals surface area contributed by atoms with Gasteiger partial charge in [-0.05, 0) is 6.92 Å². The van der Waals surface area contributed by atoms with E-state index in [1.54, 1.807) is 13.0 Å². The van der Waals surface area contributed by atoms with Crippen LogP contribution in [0.3, 0.4) is 0 Å². The Bertz CT molecular complexity index is 245. The predicted molar refractivity (Wildman–Crippen MR) is 36.9 cm³/mol. The Labute approximate surface area is 59.0 Å². The average Bonchev–Trinajstić information content (AvgIpc) is 2.34. The number of rotatable bonds is 2. The maximum Gasteiger partial charge on any atom is 0.241 e. The molecule has 0 saturated heterocycles. The highest BCUT2D eigenvalue weighted by molar-refractivity contribution is 7.48. The largest absolute Gasteiger partial charge is 0.361 e. The lowest BCUT2D eigenvalue weighted by Crippen LogP contribution is -1.95. The first-order valence-electron chi connectivity index (χ1n) is 2.75. The zero-order valence-corrected chi connectivity index (χ0v) is 6.75. The fourth-order valence-corrected chi connectivity index (χ4v) is 1.22. The van der Waals surface area contributed by atoms with Gasteiger partial charge in [-0.25, -0.2) is 0 Å². The lowest BCUT2D eigenvalue weighted by molar-refractivity contribution is 0.395. The van der Waals surface area contributed by atoms with Gasteiger partial charge < -0.3 is 9.05 Å². The first-order chi connectivity index (χ1) is 4.74. The molecule has 1 unspecified atom stereocenters. The molecule has 5 heteroatoms. The van der Waals surface area contributed by atoms with Gasteiger partial charge in [0.1, 0.15) is 5.76 Å². The molecular formula is C5H8NO3P. The molecular weight excluding hydrogens is 153 g/mol. The Morgan fingerprint density at radius 1 is 1.80 bits per heavy atom. The van der Waals surface area contributed by atoms with Crippen molar-refractivity contribution in [3.8, 4) is 0 Å². The smallest absolute Gasteiger partial charge is 0.241 e. The third-order valence-corrected chi connectivity index (χ3v) is 2.05. The van der Waals surface area contributed by atoms with Crippen molar-refractivity contribution >= 4 is 13.5 Å². The molecule has 10 heavy (non-hydrogen) atoms. The highest BCUT2D eigenvalue weighted by atomic mass is 31.1. The Morgan fingerprint density at radius 2 is 2.50 bits per heavy atom. The van der Waals surface area contributed by atoms with Crippen molar-refractivity contribution in [1.82, 2.24) is 5.16 Å². The lowest BCUT2D eigenvalue weighted by Gasteiger charge is -1.88. The number of hydrogen-bond acceptors (Lipinski definition) is 4. The quantitative estimate of drug-likeness (QED) is 0.600. The van der Waals surface area contributed by atoms with Crippen LogP contribution < -0.4 is 5.44 Å². The summed E-state index contributed by atoms with van der Waals surface area (Å²) in [7, 11) is -0.760. The molecule has 0 radical (unpaired) electrons. The van der Waals surface area contributed by atoms with Gasteiger partial charge in [-0.3, -0.25) is 4.57 Å². The van der Waals surface area contributed by atoms with E-state index in [9.17, 15) is 4.57 Å². The van der Waals surface area contributed by atoms with Crippen LogP contribution in [0.25, 0.3) is 0 Å². The Balaban J connectivity index is 2.85. The van der Waals surface area contributed by atoms with Gasteiger partial charge in [0.15, 0.2) is 5.44 Å². The maximum atomic E-state index is 10.9. The third kappa shape index (κ3) is 1.46. The van der Waals surface area contributed by atoms with Gasteiger partial charge in [-0.15, -0.1) is 0 Å². The van der Waals surface area contributed by atoms with Gasteiger partial charge in [-0.1, -0.05) is 5.16 Å². The molecule has 0 bridgehead atoms. The lowest BCUT2D eigenvalue weighted by atomic mass is 10.5. The molecule has 1 rings (SSSR count). The van der Waals surface area contributed by atoms with E-state index in [4.69, 9.17) is 0 Å². The topological polar surface area (TPSA) is 52.3 Å². The van der Waals surface area contributed by atoms with E-state index in [0.29, 0.717) is 11.2 Å². The molecule has 1 aromatic heterocycles. The van der Waals surface area contributed by atoms with Gasteiger partial charge in [0.25, 0.3) is 0 Å². The molecule has 0 aromatic carbocycles. The number of aryl methyl sites for hydroxylation is 1. The van der Waals surface area contributed by atoms with Crippen LogP contribution >= 0.6 is 8.03 Å². The Kier molecular flexibility index (Phi) is 2.25. The standard InChI is InChI=1S/C5H8NO3P/c1-4-3-5(6-9-4)10(7)8-2/h3,10H,1-2H3. The summed E-state index contributed by atoms with van der Waals surface area (Å²) < 4.78 is 20.1. The molecule has 0 saturated carbocycles. The summed E-state index contributed by atoms with van der Waals surface area (Å²) in [6.07, 6.45) is 0. The van der Waals surface area contributed by atoms with E-state index < -0.39 is 8.03 Å². The third-order valence-electron chi connectivity index (χ3n) is 1.02. The zero-order valence-electron chi connectivity index (χ0n) is 5.75. The van der Waals surface area contributed by atoms with Gasteiger partial charge in [0.05, 0.1) is 0 Å². The van der Waals surface area contributed by atoms with Crippen molar-refractivity contribution in [2.45, 2.75) is 6.92 Å². The van der Waals surface area contributed by atoms with Crippen molar-refractivity contribution in [2.24, 2.45) is 0 Å². The minimum atomic E-state index is -2.14. The van der Waals surface area contributed by atoms with E-state index in [1.807, 2.05) is 0 Å². The minimum absolute atomic E-state index is 0.394. The van der Waals surface area contributed by atoms with Gasteiger partial charge in [-0.2, -0.15) is 0 Å². The maximum absolute atomic E-state index is 10.9. The molecule has 0 aliphatic rings. The average molecular weight is 161 g/mol. The molecule has 0 N–H and O–H groups in total. The molecule has 0 aliphatic carbocycles. The summed E-state index contributed by atoms with van der Waals surface area (Å²) in [5.74, 6) is 0.644. The fourth-order valence-electron chi connectivity index (χ4n) is 0.567. The summed E-state index contributed by atoms with van der Waals surface area (Å²) in [4.78, 5) is 0. The van der Waals surface area contributed by atoms with Gasteiger partial charge >= 0.3 is 0 Å². The summed E-state index contributed by atoms with van der Waals surface area (Å²) in [5.41, 5.74) is 0.394. The molecule has 0 fully saturated rings. The Morgan fingerprint density at radius 3 is 2.90 bits per heavy atom. The molecule has 0 spiro atoms. The van der Waals surface area contributed by atoms with Crippen molar-refractivity contribution in [3.05, 3.63) is 11.8 Å². The predicted octanol–water partition coefficient (Wildman–Crippen LogP) is 0.729. The SMILES string of the molecule is CO[PH](=O)c1cc(C)on1. The van der Waals surface area contributed by atoms with Crippen LogP contribution in [0.4, 0.5) is 0 Å². The summed E-state index contributed by atoms with van der Waals surface area (Å²) in [5, 5.41) is 3.52. The van der Waals surface area contributed by atoms with E-state index in [-0.39, 0.29) is 0 Å². The van der Waals surface area contributed by atoms with Crippen LogP contribution in [0.1, 0.15) is 5.76 Å². The fraction of sp³-hybridized carbons (Fsp3) is 0.400.